The summed E-state index contributed by atoms with van der Waals surface area (Å²) in [5, 5.41) is 17.6. The van der Waals surface area contributed by atoms with Crippen molar-refractivity contribution in [1.82, 2.24) is 4.98 Å². The van der Waals surface area contributed by atoms with Crippen LogP contribution in [0.2, 0.25) is 0 Å². The smallest absolute Gasteiger partial charge is 0.171 e. The number of anilines is 1. The number of hydrogen-bond acceptors (Lipinski definition) is 4. The zero-order valence-corrected chi connectivity index (χ0v) is 10.1. The van der Waals surface area contributed by atoms with Crippen LogP contribution in [-0.2, 0) is 6.61 Å². The maximum Gasteiger partial charge on any atom is 0.171 e. The van der Waals surface area contributed by atoms with Crippen LogP contribution in [0.4, 0.5) is 10.2 Å². The van der Waals surface area contributed by atoms with Gasteiger partial charge in [-0.1, -0.05) is 0 Å². The first kappa shape index (κ1) is 13.9. The van der Waals surface area contributed by atoms with E-state index in [0.29, 0.717) is 6.54 Å². The van der Waals surface area contributed by atoms with Gasteiger partial charge in [0.05, 0.1) is 6.61 Å². The van der Waals surface area contributed by atoms with Crippen LogP contribution in [0.3, 0.4) is 0 Å². The minimum atomic E-state index is -0.459. The number of rotatable bonds is 7. The van der Waals surface area contributed by atoms with Gasteiger partial charge in [0.2, 0.25) is 0 Å². The van der Waals surface area contributed by atoms with E-state index in [1.165, 1.54) is 12.3 Å². The molecular weight excluding hydrogens is 223 g/mol. The van der Waals surface area contributed by atoms with E-state index in [1.54, 1.807) is 11.9 Å². The number of unbranched alkanes of at least 4 members (excludes halogenated alkanes) is 2. The van der Waals surface area contributed by atoms with E-state index >= 15 is 0 Å². The summed E-state index contributed by atoms with van der Waals surface area (Å²) in [5.74, 6) is -0.194. The van der Waals surface area contributed by atoms with Crippen molar-refractivity contribution in [2.75, 3.05) is 25.1 Å². The zero-order chi connectivity index (χ0) is 12.7. The summed E-state index contributed by atoms with van der Waals surface area (Å²) in [6, 6.07) is 1.47. The number of hydrogen-bond donors (Lipinski definition) is 2. The first-order chi connectivity index (χ1) is 8.20. The van der Waals surface area contributed by atoms with Gasteiger partial charge < -0.3 is 15.1 Å². The highest BCUT2D eigenvalue weighted by atomic mass is 19.1. The lowest BCUT2D eigenvalue weighted by atomic mass is 10.2. The minimum absolute atomic E-state index is 0.191. The molecule has 5 heteroatoms. The largest absolute Gasteiger partial charge is 0.396 e. The van der Waals surface area contributed by atoms with E-state index in [2.05, 4.69) is 4.98 Å². The molecule has 1 rings (SSSR count). The van der Waals surface area contributed by atoms with E-state index in [-0.39, 0.29) is 24.6 Å². The molecule has 0 atom stereocenters. The molecule has 0 amide bonds. The van der Waals surface area contributed by atoms with Gasteiger partial charge in [-0.25, -0.2) is 9.37 Å². The van der Waals surface area contributed by atoms with E-state index in [1.807, 2.05) is 0 Å². The Kier molecular flexibility index (Phi) is 5.86. The predicted octanol–water partition coefficient (Wildman–Crippen LogP) is 1.31. The van der Waals surface area contributed by atoms with E-state index in [0.717, 1.165) is 19.3 Å². The molecule has 0 fully saturated rings. The van der Waals surface area contributed by atoms with Gasteiger partial charge in [0.1, 0.15) is 0 Å². The lowest BCUT2D eigenvalue weighted by molar-refractivity contribution is 0.275. The molecule has 0 radical (unpaired) electrons. The topological polar surface area (TPSA) is 56.6 Å². The SMILES string of the molecule is CN(CCCCCO)c1nccc(CO)c1F. The van der Waals surface area contributed by atoms with Crippen LogP contribution in [0.25, 0.3) is 0 Å². The van der Waals surface area contributed by atoms with Crippen LogP contribution in [0, 0.1) is 5.82 Å². The first-order valence-electron chi connectivity index (χ1n) is 5.77. The van der Waals surface area contributed by atoms with Gasteiger partial charge >= 0.3 is 0 Å². The average Bonchev–Trinajstić information content (AvgIpc) is 2.34. The normalized spacial score (nSPS) is 10.6. The van der Waals surface area contributed by atoms with Crippen LogP contribution >= 0.6 is 0 Å². The Bertz CT molecular complexity index is 347. The maximum absolute atomic E-state index is 13.8. The number of aromatic nitrogens is 1. The number of pyridine rings is 1. The third-order valence-electron chi connectivity index (χ3n) is 2.63. The molecule has 0 saturated carbocycles. The molecule has 0 aliphatic rings. The van der Waals surface area contributed by atoms with E-state index in [4.69, 9.17) is 10.2 Å². The Morgan fingerprint density at radius 2 is 2.06 bits per heavy atom. The van der Waals surface area contributed by atoms with Gasteiger partial charge in [-0.2, -0.15) is 0 Å². The highest BCUT2D eigenvalue weighted by Gasteiger charge is 2.12. The molecule has 1 aromatic heterocycles. The van der Waals surface area contributed by atoms with Crippen molar-refractivity contribution >= 4 is 5.82 Å². The van der Waals surface area contributed by atoms with Gasteiger partial charge in [-0.15, -0.1) is 0 Å². The number of halogens is 1. The number of aliphatic hydroxyl groups is 2. The highest BCUT2D eigenvalue weighted by molar-refractivity contribution is 5.41. The molecule has 96 valence electrons. The number of aliphatic hydroxyl groups excluding tert-OH is 2. The maximum atomic E-state index is 13.8. The predicted molar refractivity (Wildman–Crippen MR) is 64.3 cm³/mol. The second-order valence-electron chi connectivity index (χ2n) is 3.97. The minimum Gasteiger partial charge on any atom is -0.396 e. The molecule has 1 aromatic rings. The van der Waals surface area contributed by atoms with E-state index in [9.17, 15) is 4.39 Å². The Balaban J connectivity index is 2.59. The molecule has 0 spiro atoms. The van der Waals surface area contributed by atoms with Crippen LogP contribution in [0.15, 0.2) is 12.3 Å². The van der Waals surface area contributed by atoms with Gasteiger partial charge in [0, 0.05) is 32.0 Å². The summed E-state index contributed by atoms with van der Waals surface area (Å²) >= 11 is 0. The molecule has 2 N–H and O–H groups in total. The Labute approximate surface area is 101 Å². The van der Waals surface area contributed by atoms with Crippen LogP contribution < -0.4 is 4.90 Å². The first-order valence-corrected chi connectivity index (χ1v) is 5.77. The molecule has 4 nitrogen and oxygen atoms in total. The van der Waals surface area contributed by atoms with Gasteiger partial charge in [0.15, 0.2) is 11.6 Å². The summed E-state index contributed by atoms with van der Waals surface area (Å²) in [7, 11) is 1.77. The lowest BCUT2D eigenvalue weighted by Crippen LogP contribution is -2.21. The zero-order valence-electron chi connectivity index (χ0n) is 10.1. The summed E-state index contributed by atoms with van der Waals surface area (Å²) in [6.45, 7) is 0.550. The van der Waals surface area contributed by atoms with Crippen molar-refractivity contribution in [3.63, 3.8) is 0 Å². The van der Waals surface area contributed by atoms with Crippen molar-refractivity contribution < 1.29 is 14.6 Å². The average molecular weight is 242 g/mol. The quantitative estimate of drug-likeness (QED) is 0.708. The van der Waals surface area contributed by atoms with Crippen molar-refractivity contribution in [2.24, 2.45) is 0 Å². The Morgan fingerprint density at radius 3 is 2.71 bits per heavy atom. The van der Waals surface area contributed by atoms with Crippen LogP contribution in [-0.4, -0.2) is 35.4 Å². The molecule has 0 saturated heterocycles. The summed E-state index contributed by atoms with van der Waals surface area (Å²) in [6.07, 6.45) is 4.04. The molecule has 0 bridgehead atoms. The van der Waals surface area contributed by atoms with Gasteiger partial charge in [0.25, 0.3) is 0 Å². The Hall–Kier alpha value is -1.20. The monoisotopic (exact) mass is 242 g/mol. The summed E-state index contributed by atoms with van der Waals surface area (Å²) in [4.78, 5) is 5.70. The molecule has 17 heavy (non-hydrogen) atoms. The summed E-state index contributed by atoms with van der Waals surface area (Å²) < 4.78 is 13.8. The molecule has 0 aliphatic carbocycles. The van der Waals surface area contributed by atoms with Crippen molar-refractivity contribution in [3.8, 4) is 0 Å². The molecule has 0 aliphatic heterocycles. The fourth-order valence-corrected chi connectivity index (χ4v) is 1.60. The molecule has 1 heterocycles. The fourth-order valence-electron chi connectivity index (χ4n) is 1.60. The lowest BCUT2D eigenvalue weighted by Gasteiger charge is -2.19. The van der Waals surface area contributed by atoms with Gasteiger partial charge in [-0.05, 0) is 25.3 Å². The number of nitrogens with zero attached hydrogens (tertiary/aromatic N) is 2. The fraction of sp³-hybridized carbons (Fsp3) is 0.583. The summed E-state index contributed by atoms with van der Waals surface area (Å²) in [5.41, 5.74) is 0.261. The molecule has 0 unspecified atom stereocenters. The van der Waals surface area contributed by atoms with Crippen molar-refractivity contribution in [2.45, 2.75) is 25.9 Å². The van der Waals surface area contributed by atoms with Crippen LogP contribution in [0.5, 0.6) is 0 Å². The van der Waals surface area contributed by atoms with Crippen molar-refractivity contribution in [3.05, 3.63) is 23.6 Å². The second kappa shape index (κ2) is 7.19. The second-order valence-corrected chi connectivity index (χ2v) is 3.97. The third-order valence-corrected chi connectivity index (χ3v) is 2.63. The standard InChI is InChI=1S/C12H19FN2O2/c1-15(7-3-2-4-8-16)12-11(13)10(9-17)5-6-14-12/h5-6,16-17H,2-4,7-9H2,1H3. The highest BCUT2D eigenvalue weighted by Crippen LogP contribution is 2.18. The Morgan fingerprint density at radius 1 is 1.29 bits per heavy atom. The van der Waals surface area contributed by atoms with E-state index < -0.39 is 5.82 Å². The van der Waals surface area contributed by atoms with Crippen LogP contribution in [0.1, 0.15) is 24.8 Å². The third kappa shape index (κ3) is 3.94. The van der Waals surface area contributed by atoms with Gasteiger partial charge in [-0.3, -0.25) is 0 Å². The molecular formula is C12H19FN2O2. The molecule has 0 aromatic carbocycles. The van der Waals surface area contributed by atoms with Crippen molar-refractivity contribution in [1.29, 1.82) is 0 Å².